The highest BCUT2D eigenvalue weighted by Crippen LogP contribution is 2.13. The van der Waals surface area contributed by atoms with Gasteiger partial charge in [0.25, 0.3) is 0 Å². The van der Waals surface area contributed by atoms with Crippen molar-refractivity contribution >= 4 is 11.9 Å². The average molecular weight is 940 g/mol. The zero-order valence-electron chi connectivity index (χ0n) is 44.1. The molecule has 5 nitrogen and oxygen atoms in total. The molecule has 0 fully saturated rings. The fourth-order valence-corrected chi connectivity index (χ4v) is 7.14. The highest BCUT2D eigenvalue weighted by Gasteiger charge is 2.17. The van der Waals surface area contributed by atoms with Crippen molar-refractivity contribution in [3.05, 3.63) is 134 Å². The summed E-state index contributed by atoms with van der Waals surface area (Å²) in [5, 5.41) is 0. The van der Waals surface area contributed by atoms with E-state index in [1.807, 2.05) is 12.2 Å². The number of ether oxygens (including phenoxy) is 3. The highest BCUT2D eigenvalue weighted by atomic mass is 16.6. The fourth-order valence-electron chi connectivity index (χ4n) is 7.14. The summed E-state index contributed by atoms with van der Waals surface area (Å²) in [4.78, 5) is 25.4. The number of esters is 2. The molecule has 384 valence electrons. The predicted molar refractivity (Wildman–Crippen MR) is 297 cm³/mol. The van der Waals surface area contributed by atoms with Gasteiger partial charge in [-0.15, -0.1) is 0 Å². The Labute approximate surface area is 419 Å². The summed E-state index contributed by atoms with van der Waals surface area (Å²) in [7, 11) is 0. The van der Waals surface area contributed by atoms with Gasteiger partial charge in [0.05, 0.1) is 13.0 Å². The second kappa shape index (κ2) is 57.4. The van der Waals surface area contributed by atoms with E-state index >= 15 is 0 Å². The number of unbranched alkanes of at least 4 members (excludes halogenated alkanes) is 17. The van der Waals surface area contributed by atoms with Gasteiger partial charge in [-0.25, -0.2) is 0 Å². The first kappa shape index (κ1) is 64.0. The van der Waals surface area contributed by atoms with Crippen molar-refractivity contribution in [2.24, 2.45) is 0 Å². The third-order valence-electron chi connectivity index (χ3n) is 11.2. The molecule has 0 aromatic heterocycles. The highest BCUT2D eigenvalue weighted by molar-refractivity contribution is 5.71. The Morgan fingerprint density at radius 2 is 0.706 bits per heavy atom. The molecule has 0 N–H and O–H groups in total. The van der Waals surface area contributed by atoms with Crippen molar-refractivity contribution in [2.75, 3.05) is 19.8 Å². The van der Waals surface area contributed by atoms with Gasteiger partial charge in [0.2, 0.25) is 0 Å². The average Bonchev–Trinajstić information content (AvgIpc) is 3.34. The second-order valence-corrected chi connectivity index (χ2v) is 17.7. The number of carbonyl (C=O) groups is 2. The minimum Gasteiger partial charge on any atom is -0.462 e. The van der Waals surface area contributed by atoms with E-state index < -0.39 is 6.10 Å². The zero-order chi connectivity index (χ0) is 49.2. The molecule has 68 heavy (non-hydrogen) atoms. The molecular weight excluding hydrogens is 837 g/mol. The lowest BCUT2D eigenvalue weighted by Crippen LogP contribution is -2.29. The predicted octanol–water partition coefficient (Wildman–Crippen LogP) is 19.1. The maximum absolute atomic E-state index is 12.8. The van der Waals surface area contributed by atoms with E-state index in [1.54, 1.807) is 0 Å². The number of rotatable bonds is 49. The summed E-state index contributed by atoms with van der Waals surface area (Å²) in [6.07, 6.45) is 82.0. The van der Waals surface area contributed by atoms with Crippen LogP contribution in [0.3, 0.4) is 0 Å². The molecule has 0 spiro atoms. The summed E-state index contributed by atoms with van der Waals surface area (Å²) in [6.45, 7) is 7.43. The Balaban J connectivity index is 4.43. The zero-order valence-corrected chi connectivity index (χ0v) is 44.1. The molecule has 1 unspecified atom stereocenters. The summed E-state index contributed by atoms with van der Waals surface area (Å²) in [6, 6.07) is 0. The first-order chi connectivity index (χ1) is 33.6. The van der Waals surface area contributed by atoms with Crippen LogP contribution in [0.25, 0.3) is 0 Å². The van der Waals surface area contributed by atoms with Gasteiger partial charge in [0.15, 0.2) is 6.10 Å². The molecule has 0 aromatic carbocycles. The van der Waals surface area contributed by atoms with Gasteiger partial charge >= 0.3 is 11.9 Å². The van der Waals surface area contributed by atoms with Crippen molar-refractivity contribution < 1.29 is 23.8 Å². The Morgan fingerprint density at radius 3 is 1.13 bits per heavy atom. The summed E-state index contributed by atoms with van der Waals surface area (Å²) in [5.74, 6) is -0.569. The Morgan fingerprint density at radius 1 is 0.353 bits per heavy atom. The van der Waals surface area contributed by atoms with Crippen LogP contribution in [0.4, 0.5) is 0 Å². The van der Waals surface area contributed by atoms with Crippen LogP contribution in [0.2, 0.25) is 0 Å². The second-order valence-electron chi connectivity index (χ2n) is 17.7. The molecule has 0 rings (SSSR count). The van der Waals surface area contributed by atoms with E-state index in [2.05, 4.69) is 142 Å². The SMILES string of the molecule is CC/C=C\C/C=C\C/C=C\C/C=C\C/C=C\CC(=O)OC(COCCCCCCCCCC/C=C\C/C=C\CCCCC)COC(=O)CCCCCCCC/C=C\C/C=C\C/C=C\C/C=C\CC. The largest absolute Gasteiger partial charge is 0.462 e. The number of carbonyl (C=O) groups excluding carboxylic acids is 2. The molecule has 0 heterocycles. The lowest BCUT2D eigenvalue weighted by atomic mass is 10.1. The molecule has 5 heteroatoms. The third kappa shape index (κ3) is 54.6. The van der Waals surface area contributed by atoms with Crippen molar-refractivity contribution in [1.82, 2.24) is 0 Å². The number of hydrogen-bond acceptors (Lipinski definition) is 5. The van der Waals surface area contributed by atoms with Crippen LogP contribution in [-0.2, 0) is 23.8 Å². The monoisotopic (exact) mass is 939 g/mol. The molecule has 0 aromatic rings. The lowest BCUT2D eigenvalue weighted by molar-refractivity contribution is -0.162. The van der Waals surface area contributed by atoms with Crippen molar-refractivity contribution in [2.45, 2.75) is 232 Å². The molecule has 0 aliphatic carbocycles. The van der Waals surface area contributed by atoms with Crippen molar-refractivity contribution in [1.29, 1.82) is 0 Å². The first-order valence-corrected chi connectivity index (χ1v) is 27.7. The van der Waals surface area contributed by atoms with Crippen LogP contribution in [0.5, 0.6) is 0 Å². The van der Waals surface area contributed by atoms with Gasteiger partial charge in [0, 0.05) is 13.0 Å². The van der Waals surface area contributed by atoms with Crippen LogP contribution < -0.4 is 0 Å². The van der Waals surface area contributed by atoms with Crippen LogP contribution in [0.1, 0.15) is 226 Å². The van der Waals surface area contributed by atoms with Gasteiger partial charge in [-0.05, 0) is 116 Å². The minimum absolute atomic E-state index is 0.0273. The van der Waals surface area contributed by atoms with Crippen LogP contribution in [-0.4, -0.2) is 37.9 Å². The summed E-state index contributed by atoms with van der Waals surface area (Å²) >= 11 is 0. The van der Waals surface area contributed by atoms with Crippen molar-refractivity contribution in [3.63, 3.8) is 0 Å². The maximum atomic E-state index is 12.8. The Bertz CT molecular complexity index is 1430. The van der Waals surface area contributed by atoms with Gasteiger partial charge < -0.3 is 14.2 Å². The smallest absolute Gasteiger partial charge is 0.310 e. The lowest BCUT2D eigenvalue weighted by Gasteiger charge is -2.18. The maximum Gasteiger partial charge on any atom is 0.310 e. The molecule has 0 aliphatic rings. The number of hydrogen-bond donors (Lipinski definition) is 0. The molecular formula is C63H102O5. The standard InChI is InChI=1S/C63H102O5/c1-4-7-10-13-16-19-22-25-28-30-32-33-36-38-41-44-47-50-53-56-62(64)67-60-61(68-63(65)57-54-51-48-45-42-39-35-27-24-21-18-15-12-9-6-3)59-66-58-55-52-49-46-43-40-37-34-31-29-26-23-20-17-14-11-8-5-2/h7,9-10,12,16-21,25-29,32-33,35,42,45,51,54,61H,4-6,8,11,13-15,22-24,30-31,34,36-41,43-44,46-50,52-53,55-60H2,1-3H3/b10-7-,12-9-,19-16-,20-17-,21-18-,28-25-,29-26-,33-32-,35-27-,45-42-,54-51-. The summed E-state index contributed by atoms with van der Waals surface area (Å²) < 4.78 is 17.3. The fraction of sp³-hybridized carbons (Fsp3) is 0.619. The quantitative estimate of drug-likeness (QED) is 0.0345. The van der Waals surface area contributed by atoms with E-state index in [9.17, 15) is 9.59 Å². The van der Waals surface area contributed by atoms with Crippen LogP contribution in [0.15, 0.2) is 134 Å². The molecule has 1 atom stereocenters. The number of allylic oxidation sites excluding steroid dienone is 21. The topological polar surface area (TPSA) is 61.8 Å². The molecule has 0 saturated carbocycles. The molecule has 0 saturated heterocycles. The van der Waals surface area contributed by atoms with Gasteiger partial charge in [-0.2, -0.15) is 0 Å². The Hall–Kier alpha value is -3.96. The van der Waals surface area contributed by atoms with E-state index in [0.717, 1.165) is 103 Å². The van der Waals surface area contributed by atoms with E-state index in [0.29, 0.717) is 13.0 Å². The minimum atomic E-state index is -0.610. The molecule has 0 radical (unpaired) electrons. The van der Waals surface area contributed by atoms with E-state index in [4.69, 9.17) is 14.2 Å². The normalized spacial score (nSPS) is 13.3. The molecule has 0 aliphatic heterocycles. The van der Waals surface area contributed by atoms with Gasteiger partial charge in [-0.3, -0.25) is 9.59 Å². The van der Waals surface area contributed by atoms with Crippen LogP contribution in [0, 0.1) is 0 Å². The summed E-state index contributed by atoms with van der Waals surface area (Å²) in [5.41, 5.74) is 0. The van der Waals surface area contributed by atoms with Gasteiger partial charge in [0.1, 0.15) is 6.61 Å². The molecule has 0 amide bonds. The third-order valence-corrected chi connectivity index (χ3v) is 11.2. The van der Waals surface area contributed by atoms with Crippen LogP contribution >= 0.6 is 0 Å². The van der Waals surface area contributed by atoms with Crippen molar-refractivity contribution in [3.8, 4) is 0 Å². The Kier molecular flexibility index (Phi) is 54.0. The first-order valence-electron chi connectivity index (χ1n) is 27.7. The van der Waals surface area contributed by atoms with Gasteiger partial charge in [-0.1, -0.05) is 231 Å². The van der Waals surface area contributed by atoms with E-state index in [1.165, 1.54) is 89.9 Å². The van der Waals surface area contributed by atoms with E-state index in [-0.39, 0.29) is 31.6 Å². The molecule has 0 bridgehead atoms.